The topological polar surface area (TPSA) is 84.7 Å². The van der Waals surface area contributed by atoms with Crippen LogP contribution in [-0.2, 0) is 13.1 Å². The Hall–Kier alpha value is -3.02. The van der Waals surface area contributed by atoms with Crippen LogP contribution in [0.15, 0.2) is 48.5 Å². The average Bonchev–Trinajstić information content (AvgIpc) is 2.60. The van der Waals surface area contributed by atoms with Crippen LogP contribution in [0.2, 0.25) is 0 Å². The summed E-state index contributed by atoms with van der Waals surface area (Å²) in [7, 11) is 3.32. The van der Waals surface area contributed by atoms with Gasteiger partial charge in [0.15, 0.2) is 0 Å². The number of urea groups is 1. The summed E-state index contributed by atoms with van der Waals surface area (Å²) in [6.45, 7) is 0.784. The summed E-state index contributed by atoms with van der Waals surface area (Å²) in [4.78, 5) is 24.9. The lowest BCUT2D eigenvalue weighted by Gasteiger charge is -2.18. The second-order valence-corrected chi connectivity index (χ2v) is 5.43. The Bertz CT molecular complexity index is 731. The highest BCUT2D eigenvalue weighted by Crippen LogP contribution is 2.14. The van der Waals surface area contributed by atoms with E-state index in [1.54, 1.807) is 37.3 Å². The molecule has 0 spiro atoms. The minimum atomic E-state index is -0.488. The van der Waals surface area contributed by atoms with Crippen LogP contribution in [0.25, 0.3) is 0 Å². The molecule has 3 N–H and O–H groups in total. The van der Waals surface area contributed by atoms with Crippen molar-refractivity contribution in [2.75, 3.05) is 14.2 Å². The number of nitrogens with one attached hydrogen (secondary N) is 1. The first-order chi connectivity index (χ1) is 11.5. The van der Waals surface area contributed by atoms with E-state index in [1.165, 1.54) is 0 Å². The molecule has 0 aliphatic rings. The molecular formula is C18H21N3O3. The molecule has 0 fully saturated rings. The molecule has 2 aromatic rings. The van der Waals surface area contributed by atoms with Crippen LogP contribution in [0.3, 0.4) is 0 Å². The third-order valence-electron chi connectivity index (χ3n) is 3.56. The molecule has 2 rings (SSSR count). The molecule has 0 aromatic heterocycles. The largest absolute Gasteiger partial charge is 0.497 e. The second kappa shape index (κ2) is 8.01. The van der Waals surface area contributed by atoms with E-state index < -0.39 is 5.91 Å². The van der Waals surface area contributed by atoms with Gasteiger partial charge in [0, 0.05) is 25.7 Å². The molecule has 3 amide bonds. The third kappa shape index (κ3) is 4.74. The van der Waals surface area contributed by atoms with Crippen molar-refractivity contribution in [3.63, 3.8) is 0 Å². The molecule has 0 unspecified atom stereocenters. The number of carbonyl (C=O) groups is 2. The van der Waals surface area contributed by atoms with Crippen molar-refractivity contribution in [2.45, 2.75) is 13.1 Å². The van der Waals surface area contributed by atoms with Crippen molar-refractivity contribution >= 4 is 11.9 Å². The molecular weight excluding hydrogens is 306 g/mol. The number of benzene rings is 2. The van der Waals surface area contributed by atoms with Gasteiger partial charge in [0.05, 0.1) is 7.11 Å². The second-order valence-electron chi connectivity index (χ2n) is 5.43. The summed E-state index contributed by atoms with van der Waals surface area (Å²) in [5, 5.41) is 2.82. The number of primary amides is 1. The van der Waals surface area contributed by atoms with E-state index in [2.05, 4.69) is 5.32 Å². The SMILES string of the molecule is COc1cccc(CN(C)C(=O)NCc2cccc(C(N)=O)c2)c1. The maximum atomic E-state index is 12.2. The lowest BCUT2D eigenvalue weighted by Crippen LogP contribution is -2.36. The van der Waals surface area contributed by atoms with E-state index in [9.17, 15) is 9.59 Å². The van der Waals surface area contributed by atoms with Gasteiger partial charge < -0.3 is 20.7 Å². The van der Waals surface area contributed by atoms with Crippen molar-refractivity contribution in [3.8, 4) is 5.75 Å². The van der Waals surface area contributed by atoms with Gasteiger partial charge in [-0.05, 0) is 35.4 Å². The average molecular weight is 327 g/mol. The van der Waals surface area contributed by atoms with Gasteiger partial charge in [-0.3, -0.25) is 4.79 Å². The van der Waals surface area contributed by atoms with Gasteiger partial charge in [-0.2, -0.15) is 0 Å². The summed E-state index contributed by atoms with van der Waals surface area (Å²) in [5.41, 5.74) is 7.46. The van der Waals surface area contributed by atoms with Gasteiger partial charge in [0.25, 0.3) is 0 Å². The first kappa shape index (κ1) is 17.3. The van der Waals surface area contributed by atoms with Crippen LogP contribution in [0.1, 0.15) is 21.5 Å². The fourth-order valence-electron chi connectivity index (χ4n) is 2.26. The summed E-state index contributed by atoms with van der Waals surface area (Å²) < 4.78 is 5.18. The van der Waals surface area contributed by atoms with Gasteiger partial charge >= 0.3 is 6.03 Å². The smallest absolute Gasteiger partial charge is 0.317 e. The van der Waals surface area contributed by atoms with Crippen molar-refractivity contribution in [3.05, 3.63) is 65.2 Å². The van der Waals surface area contributed by atoms with Crippen LogP contribution in [0.5, 0.6) is 5.75 Å². The lowest BCUT2D eigenvalue weighted by molar-refractivity contribution is 0.1000. The molecule has 0 bridgehead atoms. The number of hydrogen-bond donors (Lipinski definition) is 2. The highest BCUT2D eigenvalue weighted by Gasteiger charge is 2.10. The normalized spacial score (nSPS) is 10.1. The van der Waals surface area contributed by atoms with Gasteiger partial charge in [0.1, 0.15) is 5.75 Å². The summed E-state index contributed by atoms with van der Waals surface area (Å²) in [6, 6.07) is 14.2. The number of nitrogens with two attached hydrogens (primary N) is 1. The number of hydrogen-bond acceptors (Lipinski definition) is 3. The Labute approximate surface area is 141 Å². The molecule has 0 saturated carbocycles. The molecule has 24 heavy (non-hydrogen) atoms. The molecule has 126 valence electrons. The molecule has 2 aromatic carbocycles. The zero-order chi connectivity index (χ0) is 17.5. The molecule has 0 heterocycles. The number of methoxy groups -OCH3 is 1. The lowest BCUT2D eigenvalue weighted by atomic mass is 10.1. The Kier molecular flexibility index (Phi) is 5.78. The van der Waals surface area contributed by atoms with E-state index in [0.717, 1.165) is 16.9 Å². The number of amides is 3. The molecule has 6 heteroatoms. The third-order valence-corrected chi connectivity index (χ3v) is 3.56. The van der Waals surface area contributed by atoms with E-state index in [4.69, 9.17) is 10.5 Å². The zero-order valence-electron chi connectivity index (χ0n) is 13.8. The number of rotatable bonds is 6. The van der Waals surface area contributed by atoms with E-state index in [0.29, 0.717) is 18.7 Å². The Balaban J connectivity index is 1.91. The van der Waals surface area contributed by atoms with Crippen molar-refractivity contribution < 1.29 is 14.3 Å². The predicted octanol–water partition coefficient (Wildman–Crippen LogP) is 2.14. The number of ether oxygens (including phenoxy) is 1. The van der Waals surface area contributed by atoms with Crippen molar-refractivity contribution in [2.24, 2.45) is 5.73 Å². The van der Waals surface area contributed by atoms with E-state index in [1.807, 2.05) is 30.3 Å². The molecule has 0 atom stereocenters. The molecule has 0 radical (unpaired) electrons. The first-order valence-electron chi connectivity index (χ1n) is 7.50. The first-order valence-corrected chi connectivity index (χ1v) is 7.50. The van der Waals surface area contributed by atoms with Crippen molar-refractivity contribution in [1.82, 2.24) is 10.2 Å². The standard InChI is InChI=1S/C18H21N3O3/c1-21(12-14-6-4-8-16(10-14)24-2)18(23)20-11-13-5-3-7-15(9-13)17(19)22/h3-10H,11-12H2,1-2H3,(H2,19,22)(H,20,23). The Morgan fingerprint density at radius 1 is 1.12 bits per heavy atom. The summed E-state index contributed by atoms with van der Waals surface area (Å²) in [5.74, 6) is 0.267. The zero-order valence-corrected chi connectivity index (χ0v) is 13.8. The molecule has 6 nitrogen and oxygen atoms in total. The quantitative estimate of drug-likeness (QED) is 0.852. The summed E-state index contributed by atoms with van der Waals surface area (Å²) >= 11 is 0. The van der Waals surface area contributed by atoms with Crippen LogP contribution in [0.4, 0.5) is 4.79 Å². The van der Waals surface area contributed by atoms with E-state index >= 15 is 0 Å². The maximum Gasteiger partial charge on any atom is 0.317 e. The van der Waals surface area contributed by atoms with Gasteiger partial charge in [-0.15, -0.1) is 0 Å². The van der Waals surface area contributed by atoms with Gasteiger partial charge in [-0.25, -0.2) is 4.79 Å². The Morgan fingerprint density at radius 2 is 1.83 bits per heavy atom. The Morgan fingerprint density at radius 3 is 2.54 bits per heavy atom. The number of nitrogens with zero attached hydrogens (tertiary/aromatic N) is 1. The minimum Gasteiger partial charge on any atom is -0.497 e. The highest BCUT2D eigenvalue weighted by atomic mass is 16.5. The van der Waals surface area contributed by atoms with Crippen LogP contribution < -0.4 is 15.8 Å². The van der Waals surface area contributed by atoms with Crippen LogP contribution >= 0.6 is 0 Å². The van der Waals surface area contributed by atoms with Crippen LogP contribution in [-0.4, -0.2) is 31.0 Å². The maximum absolute atomic E-state index is 12.2. The highest BCUT2D eigenvalue weighted by molar-refractivity contribution is 5.92. The minimum absolute atomic E-state index is 0.206. The summed E-state index contributed by atoms with van der Waals surface area (Å²) in [6.07, 6.45) is 0. The monoisotopic (exact) mass is 327 g/mol. The van der Waals surface area contributed by atoms with Gasteiger partial charge in [0.2, 0.25) is 5.91 Å². The van der Waals surface area contributed by atoms with E-state index in [-0.39, 0.29) is 6.03 Å². The fourth-order valence-corrected chi connectivity index (χ4v) is 2.26. The van der Waals surface area contributed by atoms with Crippen molar-refractivity contribution in [1.29, 1.82) is 0 Å². The van der Waals surface area contributed by atoms with Gasteiger partial charge in [-0.1, -0.05) is 24.3 Å². The molecule has 0 aliphatic heterocycles. The predicted molar refractivity (Wildman–Crippen MR) is 91.7 cm³/mol. The van der Waals surface area contributed by atoms with Crippen LogP contribution in [0, 0.1) is 0 Å². The molecule has 0 aliphatic carbocycles. The fraction of sp³-hybridized carbons (Fsp3) is 0.222. The number of carbonyl (C=O) groups excluding carboxylic acids is 2. The molecule has 0 saturated heterocycles.